The number of nitrogens with one attached hydrogen (secondary N) is 1. The zero-order chi connectivity index (χ0) is 31.9. The van der Waals surface area contributed by atoms with Crippen LogP contribution in [0.5, 0.6) is 11.5 Å². The van der Waals surface area contributed by atoms with Crippen molar-refractivity contribution in [2.45, 2.75) is 94.5 Å². The van der Waals surface area contributed by atoms with Gasteiger partial charge in [-0.3, -0.25) is 15.5 Å². The molecule has 2 aromatic carbocycles. The molecule has 2 aliphatic heterocycles. The standard InChI is InChI=1S/C32H40N4O7S2/c1-32(2,39)24-13-21-27(42-24)22-15-45-44-14-18(35-31(33)34)12-23(37)28-20(11-16-7-9-17(36-40)10-8-16)26(38)25(30(22)43-28)29(21)41-19-5-3-4-6-19/h7-10,18-19,23-24,36-37,39-40H,3-6,11-15H2,1-2H3,(H4,33,34,35). The number of hydrogen-bond acceptors (Lipinski definition) is 11. The first kappa shape index (κ1) is 31.9. The van der Waals surface area contributed by atoms with Crippen molar-refractivity contribution in [3.63, 3.8) is 0 Å². The Morgan fingerprint density at radius 3 is 2.56 bits per heavy atom. The summed E-state index contributed by atoms with van der Waals surface area (Å²) in [5.74, 6) is 2.04. The van der Waals surface area contributed by atoms with Crippen molar-refractivity contribution in [1.82, 2.24) is 0 Å². The molecule has 0 amide bonds. The van der Waals surface area contributed by atoms with Gasteiger partial charge in [0.25, 0.3) is 0 Å². The number of nitrogens with two attached hydrogens (primary N) is 2. The van der Waals surface area contributed by atoms with Gasteiger partial charge >= 0.3 is 0 Å². The molecule has 6 rings (SSSR count). The van der Waals surface area contributed by atoms with Crippen molar-refractivity contribution in [3.8, 4) is 11.5 Å². The molecule has 1 fully saturated rings. The van der Waals surface area contributed by atoms with E-state index < -0.39 is 23.9 Å². The second kappa shape index (κ2) is 13.0. The fraction of sp³-hybridized carbons (Fsp3) is 0.500. The molecule has 13 heteroatoms. The summed E-state index contributed by atoms with van der Waals surface area (Å²) >= 11 is 0. The number of nitrogens with zero attached hydrogens (tertiary/aromatic N) is 1. The van der Waals surface area contributed by atoms with E-state index in [9.17, 15) is 20.2 Å². The van der Waals surface area contributed by atoms with E-state index in [1.807, 2.05) is 0 Å². The maximum absolute atomic E-state index is 14.8. The minimum Gasteiger partial charge on any atom is -0.489 e. The third-order valence-electron chi connectivity index (χ3n) is 8.73. The van der Waals surface area contributed by atoms with Crippen molar-refractivity contribution in [2.75, 3.05) is 11.2 Å². The monoisotopic (exact) mass is 656 g/mol. The Morgan fingerprint density at radius 2 is 1.89 bits per heavy atom. The van der Waals surface area contributed by atoms with Gasteiger partial charge in [0.1, 0.15) is 40.4 Å². The average molecular weight is 657 g/mol. The zero-order valence-corrected chi connectivity index (χ0v) is 27.0. The van der Waals surface area contributed by atoms with Crippen LogP contribution in [0, 0.1) is 0 Å². The van der Waals surface area contributed by atoms with Gasteiger partial charge in [-0.15, -0.1) is 0 Å². The Hall–Kier alpha value is -3.10. The van der Waals surface area contributed by atoms with Crippen molar-refractivity contribution >= 4 is 44.2 Å². The van der Waals surface area contributed by atoms with Gasteiger partial charge in [-0.1, -0.05) is 33.7 Å². The molecule has 0 saturated heterocycles. The first-order chi connectivity index (χ1) is 21.5. The van der Waals surface area contributed by atoms with Gasteiger partial charge in [-0.25, -0.2) is 4.99 Å². The van der Waals surface area contributed by atoms with Gasteiger partial charge in [-0.2, -0.15) is 0 Å². The number of fused-ring (bicyclic) bond motifs is 3. The van der Waals surface area contributed by atoms with Crippen molar-refractivity contribution in [3.05, 3.63) is 62.5 Å². The highest BCUT2D eigenvalue weighted by atomic mass is 33.1. The lowest BCUT2D eigenvalue weighted by Gasteiger charge is -2.25. The summed E-state index contributed by atoms with van der Waals surface area (Å²) in [6.07, 6.45) is 2.76. The first-order valence-electron chi connectivity index (χ1n) is 15.3. The summed E-state index contributed by atoms with van der Waals surface area (Å²) in [5.41, 5.74) is 15.5. The Balaban J connectivity index is 1.60. The van der Waals surface area contributed by atoms with E-state index in [4.69, 9.17) is 25.4 Å². The van der Waals surface area contributed by atoms with Crippen LogP contribution in [0.15, 0.2) is 38.5 Å². The molecule has 3 heterocycles. The molecule has 242 valence electrons. The van der Waals surface area contributed by atoms with Crippen LogP contribution in [-0.2, 0) is 18.6 Å². The lowest BCUT2D eigenvalue weighted by molar-refractivity contribution is -0.0231. The van der Waals surface area contributed by atoms with Gasteiger partial charge < -0.3 is 35.6 Å². The molecule has 1 saturated carbocycles. The highest BCUT2D eigenvalue weighted by molar-refractivity contribution is 8.76. The summed E-state index contributed by atoms with van der Waals surface area (Å²) in [6.45, 7) is 3.43. The van der Waals surface area contributed by atoms with Gasteiger partial charge in [0.2, 0.25) is 0 Å². The maximum atomic E-state index is 14.8. The Labute approximate surface area is 269 Å². The average Bonchev–Trinajstić information content (AvgIpc) is 3.67. The summed E-state index contributed by atoms with van der Waals surface area (Å²) < 4.78 is 19.8. The second-order valence-corrected chi connectivity index (χ2v) is 15.1. The van der Waals surface area contributed by atoms with Crippen LogP contribution in [0.3, 0.4) is 0 Å². The van der Waals surface area contributed by atoms with E-state index in [0.717, 1.165) is 36.8 Å². The second-order valence-electron chi connectivity index (χ2n) is 12.6. The predicted octanol–water partition coefficient (Wildman–Crippen LogP) is 4.54. The highest BCUT2D eigenvalue weighted by Gasteiger charge is 2.41. The normalized spacial score (nSPS) is 22.1. The van der Waals surface area contributed by atoms with Gasteiger partial charge in [-0.05, 0) is 57.2 Å². The quantitative estimate of drug-likeness (QED) is 0.0904. The Morgan fingerprint density at radius 1 is 1.16 bits per heavy atom. The van der Waals surface area contributed by atoms with Gasteiger partial charge in [0.15, 0.2) is 11.4 Å². The molecule has 3 unspecified atom stereocenters. The first-order valence-corrected chi connectivity index (χ1v) is 17.8. The van der Waals surface area contributed by atoms with Gasteiger partial charge in [0, 0.05) is 47.5 Å². The highest BCUT2D eigenvalue weighted by Crippen LogP contribution is 2.50. The number of rotatable bonds is 7. The van der Waals surface area contributed by atoms with Crippen LogP contribution in [-0.4, -0.2) is 51.0 Å². The van der Waals surface area contributed by atoms with E-state index >= 15 is 0 Å². The summed E-state index contributed by atoms with van der Waals surface area (Å²) in [4.78, 5) is 19.2. The number of aliphatic imine (C=N–C) groups is 1. The van der Waals surface area contributed by atoms with Crippen molar-refractivity contribution in [1.29, 1.82) is 0 Å². The zero-order valence-electron chi connectivity index (χ0n) is 25.4. The molecular weight excluding hydrogens is 617 g/mol. The SMILES string of the molecule is CC(C)(O)C1Cc2c(c3c4oc(c(Cc5ccc(NO)cc5)c(=O)c4c2OC2CCCC2)C(O)CC(N=C(N)N)CSSC3)O1. The molecular formula is C32H40N4O7S2. The van der Waals surface area contributed by atoms with Gasteiger partial charge in [0.05, 0.1) is 23.4 Å². The summed E-state index contributed by atoms with van der Waals surface area (Å²) in [7, 11) is 3.12. The fourth-order valence-corrected chi connectivity index (χ4v) is 8.66. The predicted molar refractivity (Wildman–Crippen MR) is 177 cm³/mol. The number of aliphatic hydroxyl groups excluding tert-OH is 1. The van der Waals surface area contributed by atoms with E-state index in [1.54, 1.807) is 59.7 Å². The number of aliphatic hydroxyl groups is 2. The van der Waals surface area contributed by atoms with Crippen LogP contribution in [0.4, 0.5) is 5.69 Å². The third-order valence-corrected chi connectivity index (χ3v) is 11.1. The van der Waals surface area contributed by atoms with Crippen LogP contribution in [0.25, 0.3) is 11.0 Å². The fourth-order valence-electron chi connectivity index (χ4n) is 6.37. The van der Waals surface area contributed by atoms with E-state index in [-0.39, 0.29) is 36.1 Å². The molecule has 11 nitrogen and oxygen atoms in total. The molecule has 1 aromatic heterocycles. The van der Waals surface area contributed by atoms with Crippen LogP contribution in [0.2, 0.25) is 0 Å². The smallest absolute Gasteiger partial charge is 0.200 e. The third kappa shape index (κ3) is 6.59. The van der Waals surface area contributed by atoms with Crippen LogP contribution >= 0.6 is 21.6 Å². The Bertz CT molecular complexity index is 1640. The summed E-state index contributed by atoms with van der Waals surface area (Å²) in [5, 5.41) is 32.3. The van der Waals surface area contributed by atoms with E-state index in [1.165, 1.54) is 0 Å². The van der Waals surface area contributed by atoms with Crippen LogP contribution < -0.4 is 31.8 Å². The topological polar surface area (TPSA) is 186 Å². The number of guanidine groups is 1. The maximum Gasteiger partial charge on any atom is 0.200 e. The molecule has 8 N–H and O–H groups in total. The lowest BCUT2D eigenvalue weighted by atomic mass is 9.93. The van der Waals surface area contributed by atoms with E-state index in [2.05, 4.69) is 10.5 Å². The van der Waals surface area contributed by atoms with E-state index in [0.29, 0.717) is 57.2 Å². The number of ether oxygens (including phenoxy) is 2. The minimum atomic E-state index is -1.18. The molecule has 2 bridgehead atoms. The molecule has 45 heavy (non-hydrogen) atoms. The Kier molecular flexibility index (Phi) is 9.17. The largest absolute Gasteiger partial charge is 0.489 e. The molecule has 3 aliphatic rings. The number of hydrogen-bond donors (Lipinski definition) is 6. The number of benzene rings is 2. The molecule has 0 spiro atoms. The van der Waals surface area contributed by atoms with Crippen molar-refractivity contribution < 1.29 is 29.3 Å². The van der Waals surface area contributed by atoms with Crippen molar-refractivity contribution in [2.24, 2.45) is 16.5 Å². The molecule has 3 atom stereocenters. The number of anilines is 1. The molecule has 3 aromatic rings. The molecule has 0 radical (unpaired) electrons. The minimum absolute atomic E-state index is 0.0525. The summed E-state index contributed by atoms with van der Waals surface area (Å²) in [6, 6.07) is 6.58. The van der Waals surface area contributed by atoms with Crippen LogP contribution in [0.1, 0.15) is 80.1 Å². The lowest BCUT2D eigenvalue weighted by Crippen LogP contribution is -2.39. The molecule has 1 aliphatic carbocycles.